The van der Waals surface area contributed by atoms with Crippen LogP contribution in [0.1, 0.15) is 0 Å². The van der Waals surface area contributed by atoms with Crippen LogP contribution in [0.2, 0.25) is 0 Å². The van der Waals surface area contributed by atoms with Gasteiger partial charge in [0.15, 0.2) is 0 Å². The van der Waals surface area contributed by atoms with Crippen LogP contribution in [0.25, 0.3) is 0 Å². The van der Waals surface area contributed by atoms with Crippen molar-refractivity contribution in [3.8, 4) is 0 Å². The highest BCUT2D eigenvalue weighted by Crippen LogP contribution is 1.85. The summed E-state index contributed by atoms with van der Waals surface area (Å²) in [6.45, 7) is 6.57. The molecule has 0 saturated carbocycles. The third-order valence-corrected chi connectivity index (χ3v) is 2.35. The van der Waals surface area contributed by atoms with Gasteiger partial charge in [-0.15, -0.1) is 0 Å². The molecule has 9 nitrogen and oxygen atoms in total. The maximum Gasteiger partial charge on any atom is 0.330 e. The number of hydrogen-bond donors (Lipinski definition) is 1. The number of carboxylic acid groups (broad SMARTS) is 1. The van der Waals surface area contributed by atoms with Gasteiger partial charge in [-0.3, -0.25) is 0 Å². The van der Waals surface area contributed by atoms with Crippen LogP contribution in [0.15, 0.2) is 12.7 Å². The lowest BCUT2D eigenvalue weighted by atomic mass is 10.6. The molecule has 0 aliphatic heterocycles. The maximum absolute atomic E-state index is 10.7. The average molecular weight is 350 g/mol. The molecule has 0 atom stereocenters. The van der Waals surface area contributed by atoms with Gasteiger partial charge in [-0.2, -0.15) is 0 Å². The second-order valence-corrected chi connectivity index (χ2v) is 4.27. The fraction of sp³-hybridized carbons (Fsp3) is 0.733. The summed E-state index contributed by atoms with van der Waals surface area (Å²) >= 11 is 0. The van der Waals surface area contributed by atoms with E-state index in [9.17, 15) is 9.59 Å². The molecule has 9 heteroatoms. The monoisotopic (exact) mass is 350 g/mol. The molecule has 24 heavy (non-hydrogen) atoms. The predicted molar refractivity (Wildman–Crippen MR) is 82.9 cm³/mol. The first kappa shape index (κ1) is 22.5. The van der Waals surface area contributed by atoms with E-state index in [1.54, 1.807) is 0 Å². The Morgan fingerprint density at radius 2 is 1.08 bits per heavy atom. The van der Waals surface area contributed by atoms with E-state index in [1.165, 1.54) is 0 Å². The van der Waals surface area contributed by atoms with Gasteiger partial charge in [-0.25, -0.2) is 9.59 Å². The molecule has 1 N–H and O–H groups in total. The molecule has 0 fully saturated rings. The van der Waals surface area contributed by atoms with E-state index < -0.39 is 11.9 Å². The van der Waals surface area contributed by atoms with Gasteiger partial charge in [-0.05, 0) is 0 Å². The van der Waals surface area contributed by atoms with E-state index in [0.717, 1.165) is 6.08 Å². The second-order valence-electron chi connectivity index (χ2n) is 4.27. The summed E-state index contributed by atoms with van der Waals surface area (Å²) in [5.74, 6) is -1.47. The van der Waals surface area contributed by atoms with Crippen molar-refractivity contribution in [2.75, 3.05) is 72.7 Å². The minimum absolute atomic E-state index is 0.190. The molecular formula is C15H26O9. The number of rotatable bonds is 18. The SMILES string of the molecule is C=CC(=O)OCCOCCOCCOCCOCCOCC(=O)O. The Kier molecular flexibility index (Phi) is 16.7. The molecule has 0 aliphatic rings. The Hall–Kier alpha value is -1.52. The van der Waals surface area contributed by atoms with Crippen LogP contribution in [-0.4, -0.2) is 89.7 Å². The van der Waals surface area contributed by atoms with E-state index in [4.69, 9.17) is 33.5 Å². The molecule has 0 aliphatic carbocycles. The summed E-state index contributed by atoms with van der Waals surface area (Å²) in [5, 5.41) is 8.33. The third-order valence-electron chi connectivity index (χ3n) is 2.35. The number of aliphatic carboxylic acids is 1. The van der Waals surface area contributed by atoms with Crippen molar-refractivity contribution in [3.05, 3.63) is 12.7 Å². The standard InChI is InChI=1S/C15H26O9/c1-2-15(18)24-12-11-22-8-7-20-4-3-19-5-6-21-9-10-23-13-14(16)17/h2H,1,3-13H2,(H,16,17). The zero-order chi connectivity index (χ0) is 17.9. The first-order valence-electron chi connectivity index (χ1n) is 7.56. The maximum atomic E-state index is 10.7. The molecule has 0 saturated heterocycles. The first-order valence-corrected chi connectivity index (χ1v) is 7.56. The lowest BCUT2D eigenvalue weighted by Crippen LogP contribution is -2.15. The van der Waals surface area contributed by atoms with Crippen molar-refractivity contribution in [1.82, 2.24) is 0 Å². The molecule has 0 aromatic rings. The third kappa shape index (κ3) is 18.5. The van der Waals surface area contributed by atoms with Gasteiger partial charge in [0.25, 0.3) is 0 Å². The normalized spacial score (nSPS) is 10.5. The van der Waals surface area contributed by atoms with Crippen molar-refractivity contribution in [2.45, 2.75) is 0 Å². The number of carboxylic acids is 1. The minimum atomic E-state index is -1.00. The fourth-order valence-corrected chi connectivity index (χ4v) is 1.30. The zero-order valence-corrected chi connectivity index (χ0v) is 13.8. The van der Waals surface area contributed by atoms with Crippen LogP contribution in [0.3, 0.4) is 0 Å². The highest BCUT2D eigenvalue weighted by Gasteiger charge is 1.97. The number of carbonyl (C=O) groups excluding carboxylic acids is 1. The molecule has 0 spiro atoms. The van der Waals surface area contributed by atoms with Crippen molar-refractivity contribution in [2.24, 2.45) is 0 Å². The molecular weight excluding hydrogens is 324 g/mol. The van der Waals surface area contributed by atoms with E-state index in [2.05, 4.69) is 6.58 Å². The first-order chi connectivity index (χ1) is 11.7. The van der Waals surface area contributed by atoms with Crippen molar-refractivity contribution < 1.29 is 43.1 Å². The molecule has 0 heterocycles. The molecule has 0 rings (SSSR count). The molecule has 0 radical (unpaired) electrons. The second kappa shape index (κ2) is 17.8. The summed E-state index contributed by atoms with van der Waals surface area (Å²) in [4.78, 5) is 20.9. The lowest BCUT2D eigenvalue weighted by molar-refractivity contribution is -0.143. The van der Waals surface area contributed by atoms with Gasteiger partial charge in [0.05, 0.1) is 59.5 Å². The molecule has 140 valence electrons. The molecule has 0 unspecified atom stereocenters. The Balaban J connectivity index is 3.04. The molecule has 0 aromatic heterocycles. The summed E-state index contributed by atoms with van der Waals surface area (Å²) in [6, 6.07) is 0. The summed E-state index contributed by atoms with van der Waals surface area (Å²) in [6.07, 6.45) is 1.10. The van der Waals surface area contributed by atoms with Crippen molar-refractivity contribution in [3.63, 3.8) is 0 Å². The van der Waals surface area contributed by atoms with E-state index in [1.807, 2.05) is 0 Å². The van der Waals surface area contributed by atoms with Gasteiger partial charge >= 0.3 is 11.9 Å². The number of ether oxygens (including phenoxy) is 6. The van der Waals surface area contributed by atoms with Gasteiger partial charge in [0, 0.05) is 6.08 Å². The van der Waals surface area contributed by atoms with E-state index in [-0.39, 0.29) is 19.8 Å². The number of carbonyl (C=O) groups is 2. The summed E-state index contributed by atoms with van der Waals surface area (Å²) in [5.41, 5.74) is 0. The summed E-state index contributed by atoms with van der Waals surface area (Å²) < 4.78 is 30.4. The van der Waals surface area contributed by atoms with Gasteiger partial charge < -0.3 is 33.5 Å². The minimum Gasteiger partial charge on any atom is -0.480 e. The molecule has 0 aromatic carbocycles. The van der Waals surface area contributed by atoms with Crippen molar-refractivity contribution >= 4 is 11.9 Å². The average Bonchev–Trinajstić information content (AvgIpc) is 2.57. The Morgan fingerprint density at radius 3 is 1.46 bits per heavy atom. The highest BCUT2D eigenvalue weighted by atomic mass is 16.6. The molecule has 0 bridgehead atoms. The van der Waals surface area contributed by atoms with E-state index in [0.29, 0.717) is 52.9 Å². The fourth-order valence-electron chi connectivity index (χ4n) is 1.30. The molecule has 0 amide bonds. The van der Waals surface area contributed by atoms with Crippen molar-refractivity contribution in [1.29, 1.82) is 0 Å². The smallest absolute Gasteiger partial charge is 0.330 e. The van der Waals surface area contributed by atoms with Gasteiger partial charge in [0.2, 0.25) is 0 Å². The van der Waals surface area contributed by atoms with Crippen LogP contribution in [0.4, 0.5) is 0 Å². The van der Waals surface area contributed by atoms with Crippen LogP contribution in [0, 0.1) is 0 Å². The van der Waals surface area contributed by atoms with Crippen LogP contribution >= 0.6 is 0 Å². The Labute approximate surface area is 141 Å². The summed E-state index contributed by atoms with van der Waals surface area (Å²) in [7, 11) is 0. The predicted octanol–water partition coefficient (Wildman–Crippen LogP) is -0.117. The lowest BCUT2D eigenvalue weighted by Gasteiger charge is -2.07. The quantitative estimate of drug-likeness (QED) is 0.205. The van der Waals surface area contributed by atoms with Crippen LogP contribution < -0.4 is 0 Å². The van der Waals surface area contributed by atoms with E-state index >= 15 is 0 Å². The van der Waals surface area contributed by atoms with Crippen LogP contribution in [-0.2, 0) is 38.0 Å². The topological polar surface area (TPSA) is 110 Å². The number of esters is 1. The zero-order valence-electron chi connectivity index (χ0n) is 13.8. The number of hydrogen-bond acceptors (Lipinski definition) is 8. The van der Waals surface area contributed by atoms with Crippen LogP contribution in [0.5, 0.6) is 0 Å². The highest BCUT2D eigenvalue weighted by molar-refractivity contribution is 5.81. The van der Waals surface area contributed by atoms with Gasteiger partial charge in [-0.1, -0.05) is 6.58 Å². The largest absolute Gasteiger partial charge is 0.480 e. The Morgan fingerprint density at radius 1 is 0.708 bits per heavy atom. The van der Waals surface area contributed by atoms with Gasteiger partial charge in [0.1, 0.15) is 13.2 Å². The Bertz CT molecular complexity index is 333.